The van der Waals surface area contributed by atoms with Gasteiger partial charge in [-0.05, 0) is 36.7 Å². The molecule has 1 saturated heterocycles. The largest absolute Gasteiger partial charge is 0.379 e. The van der Waals surface area contributed by atoms with Gasteiger partial charge in [0.1, 0.15) is 0 Å². The molecule has 1 amide bonds. The fourth-order valence-electron chi connectivity index (χ4n) is 4.09. The van der Waals surface area contributed by atoms with E-state index >= 15 is 0 Å². The second-order valence-electron chi connectivity index (χ2n) is 5.04. The summed E-state index contributed by atoms with van der Waals surface area (Å²) in [6.45, 7) is 4.50. The molecule has 3 fully saturated rings. The van der Waals surface area contributed by atoms with Crippen LogP contribution in [0, 0.1) is 17.8 Å². The molecule has 5 atom stereocenters. The molecule has 1 aliphatic heterocycles. The molecule has 2 bridgehead atoms. The Kier molecular flexibility index (Phi) is 1.93. The molecule has 15 heavy (non-hydrogen) atoms. The normalized spacial score (nSPS) is 46.2. The Morgan fingerprint density at radius 2 is 2.27 bits per heavy atom. The monoisotopic (exact) mass is 207 g/mol. The highest BCUT2D eigenvalue weighted by molar-refractivity contribution is 5.87. The first-order chi connectivity index (χ1) is 7.26. The summed E-state index contributed by atoms with van der Waals surface area (Å²) in [5, 5.41) is 0. The maximum absolute atomic E-state index is 11.7. The maximum atomic E-state index is 11.7. The number of carbonyl (C=O) groups excluding carboxylic acids is 1. The maximum Gasteiger partial charge on any atom is 0.246 e. The quantitative estimate of drug-likeness (QED) is 0.633. The van der Waals surface area contributed by atoms with Gasteiger partial charge in [-0.2, -0.15) is 0 Å². The molecule has 2 saturated carbocycles. The molecule has 0 aromatic carbocycles. The van der Waals surface area contributed by atoms with E-state index in [0.29, 0.717) is 17.9 Å². The lowest BCUT2D eigenvalue weighted by Crippen LogP contribution is -2.44. The van der Waals surface area contributed by atoms with E-state index < -0.39 is 0 Å². The number of ether oxygens (including phenoxy) is 1. The molecule has 1 heterocycles. The van der Waals surface area contributed by atoms with Gasteiger partial charge in [-0.1, -0.05) is 6.58 Å². The molecule has 0 spiro atoms. The number of nitrogens with zero attached hydrogens (tertiary/aromatic N) is 1. The lowest BCUT2D eigenvalue weighted by molar-refractivity contribution is -0.129. The highest BCUT2D eigenvalue weighted by Crippen LogP contribution is 2.55. The van der Waals surface area contributed by atoms with Gasteiger partial charge in [0, 0.05) is 13.7 Å². The lowest BCUT2D eigenvalue weighted by atomic mass is 9.88. The zero-order valence-electron chi connectivity index (χ0n) is 9.06. The van der Waals surface area contributed by atoms with E-state index in [1.54, 1.807) is 7.11 Å². The first-order valence-electron chi connectivity index (χ1n) is 5.72. The SMILES string of the molecule is C=CC(=O)N1C[C@@H]2C[C@H]3C[C@H]2[C@@H]1[C@H]3OC. The third-order valence-corrected chi connectivity index (χ3v) is 4.55. The Hall–Kier alpha value is -0.830. The molecular formula is C12H17NO2. The number of rotatable bonds is 2. The smallest absolute Gasteiger partial charge is 0.246 e. The van der Waals surface area contributed by atoms with Crippen molar-refractivity contribution in [2.75, 3.05) is 13.7 Å². The molecule has 0 radical (unpaired) electrons. The van der Waals surface area contributed by atoms with E-state index in [0.717, 1.165) is 12.5 Å². The summed E-state index contributed by atoms with van der Waals surface area (Å²) in [5.41, 5.74) is 0. The summed E-state index contributed by atoms with van der Waals surface area (Å²) < 4.78 is 5.57. The Bertz CT molecular complexity index is 313. The van der Waals surface area contributed by atoms with Crippen LogP contribution < -0.4 is 0 Å². The number of hydrogen-bond acceptors (Lipinski definition) is 2. The molecule has 0 N–H and O–H groups in total. The van der Waals surface area contributed by atoms with Crippen LogP contribution in [0.4, 0.5) is 0 Å². The standard InChI is InChI=1S/C12H17NO2/c1-3-10(14)13-6-8-4-7-5-9(8)11(13)12(7)15-2/h3,7-9,11-12H,1,4-6H2,2H3/t7-,8-,9+,11+,12-/m0/s1. The van der Waals surface area contributed by atoms with Gasteiger partial charge in [0.25, 0.3) is 0 Å². The minimum Gasteiger partial charge on any atom is -0.379 e. The van der Waals surface area contributed by atoms with Crippen LogP contribution in [0.25, 0.3) is 0 Å². The van der Waals surface area contributed by atoms with Gasteiger partial charge in [-0.15, -0.1) is 0 Å². The van der Waals surface area contributed by atoms with Gasteiger partial charge in [0.05, 0.1) is 12.1 Å². The lowest BCUT2D eigenvalue weighted by Gasteiger charge is -2.30. The highest BCUT2D eigenvalue weighted by atomic mass is 16.5. The van der Waals surface area contributed by atoms with Crippen LogP contribution >= 0.6 is 0 Å². The van der Waals surface area contributed by atoms with Crippen molar-refractivity contribution in [3.05, 3.63) is 12.7 Å². The number of methoxy groups -OCH3 is 1. The third kappa shape index (κ3) is 1.07. The van der Waals surface area contributed by atoms with Crippen LogP contribution in [0.5, 0.6) is 0 Å². The number of hydrogen-bond donors (Lipinski definition) is 0. The second kappa shape index (κ2) is 3.08. The second-order valence-corrected chi connectivity index (χ2v) is 5.04. The average Bonchev–Trinajstić information content (AvgIpc) is 2.83. The van der Waals surface area contributed by atoms with E-state index in [1.165, 1.54) is 18.9 Å². The van der Waals surface area contributed by atoms with Crippen LogP contribution in [0.15, 0.2) is 12.7 Å². The highest BCUT2D eigenvalue weighted by Gasteiger charge is 2.60. The van der Waals surface area contributed by atoms with Crippen LogP contribution in [0.1, 0.15) is 12.8 Å². The fourth-order valence-corrected chi connectivity index (χ4v) is 4.09. The van der Waals surface area contributed by atoms with Crippen molar-refractivity contribution in [3.8, 4) is 0 Å². The Morgan fingerprint density at radius 1 is 1.47 bits per heavy atom. The van der Waals surface area contributed by atoms with E-state index in [4.69, 9.17) is 4.74 Å². The van der Waals surface area contributed by atoms with Crippen molar-refractivity contribution in [2.24, 2.45) is 17.8 Å². The summed E-state index contributed by atoms with van der Waals surface area (Å²) in [5.74, 6) is 2.20. The minimum atomic E-state index is 0.0806. The zero-order valence-corrected chi connectivity index (χ0v) is 9.06. The summed E-state index contributed by atoms with van der Waals surface area (Å²) in [6.07, 6.45) is 4.22. The van der Waals surface area contributed by atoms with Crippen molar-refractivity contribution < 1.29 is 9.53 Å². The first kappa shape index (κ1) is 9.40. The Balaban J connectivity index is 1.90. The molecule has 0 aromatic rings. The molecule has 82 valence electrons. The van der Waals surface area contributed by atoms with E-state index in [9.17, 15) is 4.79 Å². The van der Waals surface area contributed by atoms with Gasteiger partial charge in [-0.25, -0.2) is 0 Å². The predicted molar refractivity (Wildman–Crippen MR) is 56.2 cm³/mol. The zero-order chi connectivity index (χ0) is 10.6. The summed E-state index contributed by atoms with van der Waals surface area (Å²) in [6, 6.07) is 0.337. The van der Waals surface area contributed by atoms with E-state index in [2.05, 4.69) is 6.58 Å². The van der Waals surface area contributed by atoms with Crippen LogP contribution in [0.3, 0.4) is 0 Å². The van der Waals surface area contributed by atoms with Crippen molar-refractivity contribution >= 4 is 5.91 Å². The van der Waals surface area contributed by atoms with Crippen molar-refractivity contribution in [3.63, 3.8) is 0 Å². The van der Waals surface area contributed by atoms with Crippen LogP contribution in [-0.2, 0) is 9.53 Å². The molecule has 3 nitrogen and oxygen atoms in total. The molecule has 3 aliphatic rings. The summed E-state index contributed by atoms with van der Waals surface area (Å²) >= 11 is 0. The van der Waals surface area contributed by atoms with Gasteiger partial charge in [0.15, 0.2) is 0 Å². The van der Waals surface area contributed by atoms with E-state index in [1.807, 2.05) is 4.90 Å². The molecule has 2 aliphatic carbocycles. The fraction of sp³-hybridized carbons (Fsp3) is 0.750. The third-order valence-electron chi connectivity index (χ3n) is 4.55. The minimum absolute atomic E-state index is 0.0806. The topological polar surface area (TPSA) is 29.5 Å². The summed E-state index contributed by atoms with van der Waals surface area (Å²) in [7, 11) is 1.77. The Labute approximate surface area is 90.1 Å². The number of amides is 1. The van der Waals surface area contributed by atoms with Gasteiger partial charge in [-0.3, -0.25) is 4.79 Å². The van der Waals surface area contributed by atoms with Gasteiger partial charge >= 0.3 is 0 Å². The molecule has 3 heteroatoms. The number of carbonyl (C=O) groups is 1. The summed E-state index contributed by atoms with van der Waals surface area (Å²) in [4.78, 5) is 13.7. The van der Waals surface area contributed by atoms with Crippen molar-refractivity contribution in [1.29, 1.82) is 0 Å². The first-order valence-corrected chi connectivity index (χ1v) is 5.72. The van der Waals surface area contributed by atoms with Gasteiger partial charge < -0.3 is 9.64 Å². The molecule has 0 aromatic heterocycles. The van der Waals surface area contributed by atoms with Crippen molar-refractivity contribution in [1.82, 2.24) is 4.90 Å². The molecular weight excluding hydrogens is 190 g/mol. The Morgan fingerprint density at radius 3 is 2.93 bits per heavy atom. The average molecular weight is 207 g/mol. The number of likely N-dealkylation sites (tertiary alicyclic amines) is 1. The van der Waals surface area contributed by atoms with Gasteiger partial charge in [0.2, 0.25) is 5.91 Å². The van der Waals surface area contributed by atoms with Crippen LogP contribution in [0.2, 0.25) is 0 Å². The molecule has 3 rings (SSSR count). The van der Waals surface area contributed by atoms with Crippen LogP contribution in [-0.4, -0.2) is 36.6 Å². The predicted octanol–water partition coefficient (Wildman–Crippen LogP) is 1.05. The van der Waals surface area contributed by atoms with Crippen molar-refractivity contribution in [2.45, 2.75) is 25.0 Å². The van der Waals surface area contributed by atoms with E-state index in [-0.39, 0.29) is 12.0 Å². The number of fused-ring (bicyclic) bond motifs is 1. The molecule has 0 unspecified atom stereocenters.